The molecule has 2 fully saturated rings. The fraction of sp³-hybridized carbons (Fsp3) is 0.364. The third-order valence-electron chi connectivity index (χ3n) is 6.58. The minimum atomic E-state index is -0.460. The quantitative estimate of drug-likeness (QED) is 0.500. The molecule has 4 aromatic rings. The van der Waals surface area contributed by atoms with Crippen LogP contribution in [0.15, 0.2) is 30.7 Å². The molecule has 2 aliphatic carbocycles. The Morgan fingerprint density at radius 2 is 2.03 bits per heavy atom. The lowest BCUT2D eigenvalue weighted by Crippen LogP contribution is -2.20. The van der Waals surface area contributed by atoms with Crippen LogP contribution in [0.4, 0.5) is 10.3 Å². The van der Waals surface area contributed by atoms with Crippen LogP contribution < -0.4 is 15.4 Å². The Morgan fingerprint density at radius 3 is 2.78 bits per heavy atom. The number of hydrogen-bond acceptors (Lipinski definition) is 6. The molecule has 6 rings (SSSR count). The van der Waals surface area contributed by atoms with Gasteiger partial charge in [0.1, 0.15) is 16.9 Å². The molecule has 10 heteroatoms. The molecule has 1 amide bonds. The molecule has 32 heavy (non-hydrogen) atoms. The Kier molecular flexibility index (Phi) is 4.11. The van der Waals surface area contributed by atoms with E-state index in [2.05, 4.69) is 25.7 Å². The average molecular weight is 435 g/mol. The van der Waals surface area contributed by atoms with E-state index in [9.17, 15) is 4.79 Å². The van der Waals surface area contributed by atoms with Gasteiger partial charge in [0.15, 0.2) is 5.82 Å². The first-order chi connectivity index (χ1) is 15.6. The third kappa shape index (κ3) is 2.89. The highest BCUT2D eigenvalue weighted by Gasteiger charge is 2.46. The van der Waals surface area contributed by atoms with Crippen LogP contribution in [-0.4, -0.2) is 50.1 Å². The van der Waals surface area contributed by atoms with Gasteiger partial charge in [0.25, 0.3) is 5.91 Å². The van der Waals surface area contributed by atoms with Crippen molar-refractivity contribution in [3.8, 4) is 17.0 Å². The third-order valence-corrected chi connectivity index (χ3v) is 6.58. The Bertz CT molecular complexity index is 1370. The van der Waals surface area contributed by atoms with Gasteiger partial charge in [-0.25, -0.2) is 13.9 Å². The highest BCUT2D eigenvalue weighted by molar-refractivity contribution is 5.93. The van der Waals surface area contributed by atoms with Crippen LogP contribution in [0.1, 0.15) is 29.8 Å². The fourth-order valence-electron chi connectivity index (χ4n) is 4.94. The maximum absolute atomic E-state index is 15.2. The summed E-state index contributed by atoms with van der Waals surface area (Å²) >= 11 is 0. The molecule has 2 atom stereocenters. The van der Waals surface area contributed by atoms with Crippen LogP contribution >= 0.6 is 0 Å². The topological polar surface area (TPSA) is 97.9 Å². The zero-order valence-corrected chi connectivity index (χ0v) is 17.7. The number of ether oxygens (including phenoxy) is 1. The summed E-state index contributed by atoms with van der Waals surface area (Å²) in [6.07, 6.45) is 8.07. The predicted molar refractivity (Wildman–Crippen MR) is 115 cm³/mol. The summed E-state index contributed by atoms with van der Waals surface area (Å²) in [4.78, 5) is 20.9. The molecule has 4 aromatic heterocycles. The monoisotopic (exact) mass is 435 g/mol. The molecule has 4 heterocycles. The standard InChI is InChI=1S/C22H22FN7O2/c1-24-20(31)16-8-25-17-4-3-11(9-29(16)17)18-15(23)10-30-19(18)21(32-2)27-22(28-30)26-14-6-12-5-13(12)7-14/h3-4,8-10,12-14H,5-7H2,1-2H3,(H,24,31)(H,26,28). The van der Waals surface area contributed by atoms with Crippen molar-refractivity contribution >= 4 is 23.0 Å². The second-order valence-corrected chi connectivity index (χ2v) is 8.53. The molecule has 0 aromatic carbocycles. The van der Waals surface area contributed by atoms with Gasteiger partial charge in [-0.2, -0.15) is 4.98 Å². The van der Waals surface area contributed by atoms with E-state index in [1.807, 2.05) is 0 Å². The van der Waals surface area contributed by atoms with Gasteiger partial charge in [0.2, 0.25) is 11.8 Å². The van der Waals surface area contributed by atoms with E-state index in [-0.39, 0.29) is 11.8 Å². The largest absolute Gasteiger partial charge is 0.479 e. The number of hydrogen-bond donors (Lipinski definition) is 2. The number of pyridine rings is 1. The number of fused-ring (bicyclic) bond motifs is 3. The predicted octanol–water partition coefficient (Wildman–Crippen LogP) is 2.76. The number of carbonyl (C=O) groups excluding carboxylic acids is 1. The smallest absolute Gasteiger partial charge is 0.269 e. The van der Waals surface area contributed by atoms with E-state index >= 15 is 4.39 Å². The van der Waals surface area contributed by atoms with Crippen LogP contribution in [0, 0.1) is 17.7 Å². The van der Waals surface area contributed by atoms with Gasteiger partial charge in [0.05, 0.1) is 25.1 Å². The van der Waals surface area contributed by atoms with E-state index in [1.54, 1.807) is 29.8 Å². The minimum absolute atomic E-state index is 0.279. The molecule has 0 aliphatic heterocycles. The van der Waals surface area contributed by atoms with Crippen molar-refractivity contribution in [2.24, 2.45) is 11.8 Å². The highest BCUT2D eigenvalue weighted by Crippen LogP contribution is 2.52. The zero-order valence-electron chi connectivity index (χ0n) is 17.7. The minimum Gasteiger partial charge on any atom is -0.479 e. The van der Waals surface area contributed by atoms with Gasteiger partial charge in [-0.15, -0.1) is 5.10 Å². The summed E-state index contributed by atoms with van der Waals surface area (Å²) in [5, 5.41) is 10.5. The van der Waals surface area contributed by atoms with Crippen molar-refractivity contribution in [2.75, 3.05) is 19.5 Å². The van der Waals surface area contributed by atoms with Crippen LogP contribution in [0.2, 0.25) is 0 Å². The van der Waals surface area contributed by atoms with Crippen LogP contribution in [-0.2, 0) is 0 Å². The molecule has 2 saturated carbocycles. The molecule has 2 aliphatic rings. The van der Waals surface area contributed by atoms with Crippen molar-refractivity contribution < 1.29 is 13.9 Å². The number of carbonyl (C=O) groups is 1. The summed E-state index contributed by atoms with van der Waals surface area (Å²) in [6, 6.07) is 3.83. The van der Waals surface area contributed by atoms with E-state index in [0.717, 1.165) is 24.7 Å². The maximum atomic E-state index is 15.2. The second kappa shape index (κ2) is 6.91. The second-order valence-electron chi connectivity index (χ2n) is 8.53. The molecule has 2 N–H and O–H groups in total. The molecular formula is C22H22FN7O2. The molecule has 9 nitrogen and oxygen atoms in total. The van der Waals surface area contributed by atoms with Crippen LogP contribution in [0.25, 0.3) is 22.3 Å². The number of nitrogens with zero attached hydrogens (tertiary/aromatic N) is 5. The lowest BCUT2D eigenvalue weighted by atomic mass is 10.1. The normalized spacial score (nSPS) is 21.7. The van der Waals surface area contributed by atoms with Gasteiger partial charge in [0, 0.05) is 24.8 Å². The van der Waals surface area contributed by atoms with Gasteiger partial charge in [-0.3, -0.25) is 9.20 Å². The molecule has 0 bridgehead atoms. The molecule has 0 spiro atoms. The fourth-order valence-corrected chi connectivity index (χ4v) is 4.94. The van der Waals surface area contributed by atoms with Crippen molar-refractivity contribution in [1.29, 1.82) is 0 Å². The summed E-state index contributed by atoms with van der Waals surface area (Å²) < 4.78 is 23.8. The Labute approximate surface area is 182 Å². The first-order valence-corrected chi connectivity index (χ1v) is 10.6. The molecule has 0 saturated heterocycles. The average Bonchev–Trinajstić information content (AvgIpc) is 3.12. The first kappa shape index (κ1) is 19.0. The number of methoxy groups -OCH3 is 1. The van der Waals surface area contributed by atoms with Crippen LogP contribution in [0.3, 0.4) is 0 Å². The molecule has 0 radical (unpaired) electrons. The number of aromatic nitrogens is 5. The van der Waals surface area contributed by atoms with E-state index in [0.29, 0.717) is 40.0 Å². The summed E-state index contributed by atoms with van der Waals surface area (Å²) in [6.45, 7) is 0. The summed E-state index contributed by atoms with van der Waals surface area (Å²) in [5.41, 5.74) is 2.22. The van der Waals surface area contributed by atoms with Crippen molar-refractivity contribution in [1.82, 2.24) is 29.3 Å². The van der Waals surface area contributed by atoms with Crippen LogP contribution in [0.5, 0.6) is 5.88 Å². The van der Waals surface area contributed by atoms with Gasteiger partial charge in [-0.1, -0.05) is 0 Å². The van der Waals surface area contributed by atoms with E-state index in [1.165, 1.54) is 30.4 Å². The number of nitrogens with one attached hydrogen (secondary N) is 2. The molecule has 164 valence electrons. The maximum Gasteiger partial charge on any atom is 0.269 e. The number of imidazole rings is 1. The van der Waals surface area contributed by atoms with Crippen molar-refractivity contribution in [2.45, 2.75) is 25.3 Å². The lowest BCUT2D eigenvalue weighted by Gasteiger charge is -2.15. The zero-order chi connectivity index (χ0) is 22.0. The van der Waals surface area contributed by atoms with Gasteiger partial charge in [-0.05, 0) is 43.2 Å². The Balaban J connectivity index is 1.44. The van der Waals surface area contributed by atoms with E-state index in [4.69, 9.17) is 4.74 Å². The van der Waals surface area contributed by atoms with E-state index < -0.39 is 5.82 Å². The number of amides is 1. The lowest BCUT2D eigenvalue weighted by molar-refractivity contribution is 0.0957. The molecular weight excluding hydrogens is 413 g/mol. The number of anilines is 1. The highest BCUT2D eigenvalue weighted by atomic mass is 19.1. The summed E-state index contributed by atoms with van der Waals surface area (Å²) in [5.74, 6) is 1.62. The molecule has 2 unspecified atom stereocenters. The number of halogens is 1. The first-order valence-electron chi connectivity index (χ1n) is 10.6. The van der Waals surface area contributed by atoms with Gasteiger partial charge < -0.3 is 15.4 Å². The van der Waals surface area contributed by atoms with Gasteiger partial charge >= 0.3 is 0 Å². The number of rotatable bonds is 5. The Hall–Kier alpha value is -3.69. The van der Waals surface area contributed by atoms with Crippen molar-refractivity contribution in [3.05, 3.63) is 42.2 Å². The SMILES string of the molecule is CNC(=O)c1cnc2ccc(-c3c(F)cn4nc(NC5CC6CC6C5)nc(OC)c34)cn12. The summed E-state index contributed by atoms with van der Waals surface area (Å²) in [7, 11) is 3.06. The van der Waals surface area contributed by atoms with Crippen molar-refractivity contribution in [3.63, 3.8) is 0 Å². The Morgan fingerprint density at radius 1 is 1.22 bits per heavy atom.